The first-order valence-corrected chi connectivity index (χ1v) is 13.5. The van der Waals surface area contributed by atoms with Gasteiger partial charge in [0.2, 0.25) is 0 Å². The molecule has 5 rings (SSSR count). The lowest BCUT2D eigenvalue weighted by Gasteiger charge is -2.18. The molecule has 210 valence electrons. The van der Waals surface area contributed by atoms with Gasteiger partial charge in [0.15, 0.2) is 6.61 Å². The number of hydrogen-bond donors (Lipinski definition) is 2. The SMILES string of the molecule is Cc1ccc(-c2cc(NC(=O)COC(=O)[C@H](Cc3ccccc3)NC(=O)c3ccccc3)n(-c3ccccc3)n2)cc1. The van der Waals surface area contributed by atoms with Crippen molar-refractivity contribution < 1.29 is 19.1 Å². The summed E-state index contributed by atoms with van der Waals surface area (Å²) in [6.07, 6.45) is 0.209. The van der Waals surface area contributed by atoms with E-state index in [9.17, 15) is 14.4 Å². The zero-order chi connectivity index (χ0) is 29.3. The quantitative estimate of drug-likeness (QED) is 0.224. The molecule has 42 heavy (non-hydrogen) atoms. The monoisotopic (exact) mass is 558 g/mol. The molecule has 0 aliphatic carbocycles. The number of nitrogens with one attached hydrogen (secondary N) is 2. The molecular formula is C34H30N4O4. The second kappa shape index (κ2) is 13.2. The number of aromatic nitrogens is 2. The van der Waals surface area contributed by atoms with Crippen molar-refractivity contribution in [1.82, 2.24) is 15.1 Å². The second-order valence-corrected chi connectivity index (χ2v) is 9.77. The molecular weight excluding hydrogens is 528 g/mol. The topological polar surface area (TPSA) is 102 Å². The van der Waals surface area contributed by atoms with E-state index in [4.69, 9.17) is 9.84 Å². The fourth-order valence-electron chi connectivity index (χ4n) is 4.39. The molecule has 1 heterocycles. The third-order valence-electron chi connectivity index (χ3n) is 6.58. The first-order valence-electron chi connectivity index (χ1n) is 13.5. The van der Waals surface area contributed by atoms with Crippen molar-refractivity contribution in [2.75, 3.05) is 11.9 Å². The highest BCUT2D eigenvalue weighted by molar-refractivity contribution is 5.97. The molecule has 0 aliphatic heterocycles. The van der Waals surface area contributed by atoms with Crippen LogP contribution in [0.3, 0.4) is 0 Å². The van der Waals surface area contributed by atoms with Crippen LogP contribution in [0.15, 0.2) is 121 Å². The molecule has 0 spiro atoms. The van der Waals surface area contributed by atoms with Gasteiger partial charge in [-0.05, 0) is 36.8 Å². The van der Waals surface area contributed by atoms with E-state index in [2.05, 4.69) is 10.6 Å². The second-order valence-electron chi connectivity index (χ2n) is 9.77. The molecule has 0 fully saturated rings. The van der Waals surface area contributed by atoms with Gasteiger partial charge in [-0.15, -0.1) is 0 Å². The van der Waals surface area contributed by atoms with E-state index in [0.717, 1.165) is 22.4 Å². The van der Waals surface area contributed by atoms with Crippen molar-refractivity contribution in [2.45, 2.75) is 19.4 Å². The van der Waals surface area contributed by atoms with Gasteiger partial charge in [0, 0.05) is 23.6 Å². The average Bonchev–Trinajstić information content (AvgIpc) is 3.44. The summed E-state index contributed by atoms with van der Waals surface area (Å²) < 4.78 is 7.03. The van der Waals surface area contributed by atoms with E-state index in [1.54, 1.807) is 41.1 Å². The van der Waals surface area contributed by atoms with E-state index in [0.29, 0.717) is 17.1 Å². The van der Waals surface area contributed by atoms with E-state index < -0.39 is 30.4 Å². The van der Waals surface area contributed by atoms with Gasteiger partial charge in [-0.1, -0.05) is 96.6 Å². The van der Waals surface area contributed by atoms with Crippen LogP contribution in [-0.4, -0.2) is 40.2 Å². The summed E-state index contributed by atoms with van der Waals surface area (Å²) >= 11 is 0. The summed E-state index contributed by atoms with van der Waals surface area (Å²) in [5, 5.41) is 10.3. The minimum absolute atomic E-state index is 0.209. The van der Waals surface area contributed by atoms with Crippen LogP contribution in [0.5, 0.6) is 0 Å². The zero-order valence-corrected chi connectivity index (χ0v) is 23.1. The number of para-hydroxylation sites is 1. The van der Waals surface area contributed by atoms with Gasteiger partial charge in [-0.3, -0.25) is 9.59 Å². The normalized spacial score (nSPS) is 11.4. The predicted molar refractivity (Wildman–Crippen MR) is 161 cm³/mol. The number of nitrogens with zero attached hydrogens (tertiary/aromatic N) is 2. The highest BCUT2D eigenvalue weighted by Crippen LogP contribution is 2.25. The summed E-state index contributed by atoms with van der Waals surface area (Å²) in [5.74, 6) is -1.23. The molecule has 4 aromatic carbocycles. The standard InChI is InChI=1S/C34H30N4O4/c1-24-17-19-26(20-18-24)29-22-31(38(37-29)28-15-9-4-10-16-28)36-32(39)23-42-34(41)30(21-25-11-5-2-6-12-25)35-33(40)27-13-7-3-8-14-27/h2-20,22,30H,21,23H2,1H3,(H,35,40)(H,36,39)/t30-/m0/s1. The van der Waals surface area contributed by atoms with Crippen molar-refractivity contribution in [3.63, 3.8) is 0 Å². The Bertz CT molecular complexity index is 1650. The molecule has 5 aromatic rings. The fraction of sp³-hybridized carbons (Fsp3) is 0.118. The summed E-state index contributed by atoms with van der Waals surface area (Å²) in [5.41, 5.74) is 4.72. The molecule has 0 radical (unpaired) electrons. The average molecular weight is 559 g/mol. The van der Waals surface area contributed by atoms with Crippen molar-refractivity contribution in [3.05, 3.63) is 138 Å². The first-order chi connectivity index (χ1) is 20.5. The molecule has 1 atom stereocenters. The Morgan fingerprint density at radius 2 is 1.43 bits per heavy atom. The molecule has 2 amide bonds. The lowest BCUT2D eigenvalue weighted by molar-refractivity contribution is -0.149. The van der Waals surface area contributed by atoms with Crippen LogP contribution in [0.4, 0.5) is 5.82 Å². The number of aryl methyl sites for hydroxylation is 1. The molecule has 2 N–H and O–H groups in total. The largest absolute Gasteiger partial charge is 0.454 e. The number of carbonyl (C=O) groups excluding carboxylic acids is 3. The molecule has 1 aromatic heterocycles. The Morgan fingerprint density at radius 1 is 0.810 bits per heavy atom. The van der Waals surface area contributed by atoms with Crippen molar-refractivity contribution >= 4 is 23.6 Å². The highest BCUT2D eigenvalue weighted by atomic mass is 16.5. The zero-order valence-electron chi connectivity index (χ0n) is 23.1. The molecule has 0 saturated heterocycles. The summed E-state index contributed by atoms with van der Waals surface area (Å²) in [7, 11) is 0. The van der Waals surface area contributed by atoms with Crippen LogP contribution in [0, 0.1) is 6.92 Å². The molecule has 0 bridgehead atoms. The number of carbonyl (C=O) groups is 3. The molecule has 0 unspecified atom stereocenters. The van der Waals surface area contributed by atoms with Crippen molar-refractivity contribution in [1.29, 1.82) is 0 Å². The highest BCUT2D eigenvalue weighted by Gasteiger charge is 2.24. The maximum absolute atomic E-state index is 13.1. The number of rotatable bonds is 10. The van der Waals surface area contributed by atoms with Crippen LogP contribution >= 0.6 is 0 Å². The van der Waals surface area contributed by atoms with Crippen molar-refractivity contribution in [2.24, 2.45) is 0 Å². The number of anilines is 1. The summed E-state index contributed by atoms with van der Waals surface area (Å²) in [6.45, 7) is 1.47. The smallest absolute Gasteiger partial charge is 0.329 e. The number of ether oxygens (including phenoxy) is 1. The van der Waals surface area contributed by atoms with E-state index >= 15 is 0 Å². The van der Waals surface area contributed by atoms with Crippen LogP contribution < -0.4 is 10.6 Å². The van der Waals surface area contributed by atoms with Crippen LogP contribution in [0.2, 0.25) is 0 Å². The van der Waals surface area contributed by atoms with Gasteiger partial charge in [0.25, 0.3) is 11.8 Å². The van der Waals surface area contributed by atoms with E-state index in [1.807, 2.05) is 91.9 Å². The van der Waals surface area contributed by atoms with Gasteiger partial charge in [-0.2, -0.15) is 5.10 Å². The Kier molecular flexibility index (Phi) is 8.84. The number of benzene rings is 4. The van der Waals surface area contributed by atoms with Crippen LogP contribution in [0.1, 0.15) is 21.5 Å². The minimum Gasteiger partial charge on any atom is -0.454 e. The van der Waals surface area contributed by atoms with Crippen molar-refractivity contribution in [3.8, 4) is 16.9 Å². The number of esters is 1. The lowest BCUT2D eigenvalue weighted by atomic mass is 10.1. The maximum atomic E-state index is 13.1. The maximum Gasteiger partial charge on any atom is 0.329 e. The van der Waals surface area contributed by atoms with E-state index in [-0.39, 0.29) is 6.42 Å². The van der Waals surface area contributed by atoms with Crippen LogP contribution in [0.25, 0.3) is 16.9 Å². The third-order valence-corrected chi connectivity index (χ3v) is 6.58. The fourth-order valence-corrected chi connectivity index (χ4v) is 4.39. The molecule has 8 heteroatoms. The first kappa shape index (κ1) is 28.0. The lowest BCUT2D eigenvalue weighted by Crippen LogP contribution is -2.44. The van der Waals surface area contributed by atoms with E-state index in [1.165, 1.54) is 0 Å². The van der Waals surface area contributed by atoms with Crippen LogP contribution in [-0.2, 0) is 20.7 Å². The summed E-state index contributed by atoms with van der Waals surface area (Å²) in [6, 6.07) is 36.0. The predicted octanol–water partition coefficient (Wildman–Crippen LogP) is 5.37. The Morgan fingerprint density at radius 3 is 2.10 bits per heavy atom. The van der Waals surface area contributed by atoms with Gasteiger partial charge in [0.1, 0.15) is 11.9 Å². The van der Waals surface area contributed by atoms with Gasteiger partial charge < -0.3 is 15.4 Å². The Hall–Kier alpha value is -5.50. The minimum atomic E-state index is -0.990. The molecule has 8 nitrogen and oxygen atoms in total. The van der Waals surface area contributed by atoms with Gasteiger partial charge >= 0.3 is 5.97 Å². The third kappa shape index (κ3) is 7.17. The Labute approximate surface area is 244 Å². The molecule has 0 aliphatic rings. The Balaban J connectivity index is 1.30. The number of hydrogen-bond acceptors (Lipinski definition) is 5. The summed E-state index contributed by atoms with van der Waals surface area (Å²) in [4.78, 5) is 39.0. The van der Waals surface area contributed by atoms with Gasteiger partial charge in [0.05, 0.1) is 11.4 Å². The molecule has 0 saturated carbocycles. The number of amides is 2. The van der Waals surface area contributed by atoms with Gasteiger partial charge in [-0.25, -0.2) is 9.48 Å².